The number of likely N-dealkylation sites (tertiary alicyclic amines) is 1. The smallest absolute Gasteiger partial charge is 0.255 e. The van der Waals surface area contributed by atoms with Gasteiger partial charge < -0.3 is 5.32 Å². The second kappa shape index (κ2) is 9.91. The molecule has 0 unspecified atom stereocenters. The van der Waals surface area contributed by atoms with E-state index in [9.17, 15) is 4.79 Å². The maximum absolute atomic E-state index is 12.9. The van der Waals surface area contributed by atoms with Crippen molar-refractivity contribution in [3.05, 3.63) is 70.8 Å². The van der Waals surface area contributed by atoms with Gasteiger partial charge >= 0.3 is 0 Å². The van der Waals surface area contributed by atoms with Crippen molar-refractivity contribution in [2.45, 2.75) is 58.5 Å². The van der Waals surface area contributed by atoms with Gasteiger partial charge in [0.25, 0.3) is 5.91 Å². The molecule has 33 heavy (non-hydrogen) atoms. The molecule has 0 atom stereocenters. The zero-order valence-electron chi connectivity index (χ0n) is 20.3. The minimum absolute atomic E-state index is 0.0472. The largest absolute Gasteiger partial charge is 0.348 e. The van der Waals surface area contributed by atoms with E-state index in [0.29, 0.717) is 18.0 Å². The fourth-order valence-electron chi connectivity index (χ4n) is 4.69. The third-order valence-corrected chi connectivity index (χ3v) is 6.50. The lowest BCUT2D eigenvalue weighted by Crippen LogP contribution is -2.34. The van der Waals surface area contributed by atoms with Gasteiger partial charge in [0.2, 0.25) is 0 Å². The van der Waals surface area contributed by atoms with Crippen molar-refractivity contribution in [3.63, 3.8) is 0 Å². The lowest BCUT2D eigenvalue weighted by Gasteiger charge is -2.32. The molecule has 0 radical (unpaired) electrons. The molecule has 7 nitrogen and oxygen atoms in total. The summed E-state index contributed by atoms with van der Waals surface area (Å²) >= 11 is 0. The van der Waals surface area contributed by atoms with E-state index in [-0.39, 0.29) is 11.3 Å². The Kier molecular flexibility index (Phi) is 6.98. The van der Waals surface area contributed by atoms with Crippen LogP contribution in [0.1, 0.15) is 66.5 Å². The number of nitrogens with zero attached hydrogens (tertiary/aromatic N) is 4. The SMILES string of the molecule is Cn1cc(C(=O)NCc2ccccc2)c(CC2CCN(Cc3cn[nH]c3C(C)(C)C)CC2)n1. The predicted molar refractivity (Wildman–Crippen MR) is 130 cm³/mol. The quantitative estimate of drug-likeness (QED) is 0.576. The molecule has 1 fully saturated rings. The Hall–Kier alpha value is -2.93. The molecular weight excluding hydrogens is 412 g/mol. The van der Waals surface area contributed by atoms with E-state index in [4.69, 9.17) is 0 Å². The first kappa shape index (κ1) is 23.2. The van der Waals surface area contributed by atoms with Crippen LogP contribution in [0.15, 0.2) is 42.7 Å². The monoisotopic (exact) mass is 448 g/mol. The number of amides is 1. The van der Waals surface area contributed by atoms with Gasteiger partial charge in [0.1, 0.15) is 0 Å². The van der Waals surface area contributed by atoms with Crippen LogP contribution in [0, 0.1) is 5.92 Å². The maximum atomic E-state index is 12.9. The van der Waals surface area contributed by atoms with Crippen LogP contribution in [0.25, 0.3) is 0 Å². The van der Waals surface area contributed by atoms with Gasteiger partial charge in [0.05, 0.1) is 17.5 Å². The molecule has 0 aliphatic carbocycles. The molecule has 2 N–H and O–H groups in total. The number of hydrogen-bond acceptors (Lipinski definition) is 4. The Morgan fingerprint density at radius 3 is 2.61 bits per heavy atom. The molecule has 2 aromatic heterocycles. The lowest BCUT2D eigenvalue weighted by atomic mass is 9.88. The van der Waals surface area contributed by atoms with E-state index in [0.717, 1.165) is 50.2 Å². The highest BCUT2D eigenvalue weighted by Gasteiger charge is 2.26. The Morgan fingerprint density at radius 2 is 1.91 bits per heavy atom. The van der Waals surface area contributed by atoms with Crippen molar-refractivity contribution >= 4 is 5.91 Å². The fourth-order valence-corrected chi connectivity index (χ4v) is 4.69. The molecule has 0 saturated carbocycles. The molecule has 1 aliphatic heterocycles. The van der Waals surface area contributed by atoms with Crippen molar-refractivity contribution in [2.75, 3.05) is 13.1 Å². The Morgan fingerprint density at radius 1 is 1.18 bits per heavy atom. The zero-order valence-corrected chi connectivity index (χ0v) is 20.3. The van der Waals surface area contributed by atoms with E-state index >= 15 is 0 Å². The number of piperidine rings is 1. The van der Waals surface area contributed by atoms with Crippen LogP contribution in [0.2, 0.25) is 0 Å². The Balaban J connectivity index is 1.32. The van der Waals surface area contributed by atoms with E-state index < -0.39 is 0 Å². The van der Waals surface area contributed by atoms with Gasteiger partial charge in [-0.1, -0.05) is 51.1 Å². The summed E-state index contributed by atoms with van der Waals surface area (Å²) < 4.78 is 1.76. The van der Waals surface area contributed by atoms with Crippen LogP contribution in [-0.4, -0.2) is 43.9 Å². The summed E-state index contributed by atoms with van der Waals surface area (Å²) in [6, 6.07) is 9.99. The highest BCUT2D eigenvalue weighted by atomic mass is 16.1. The first-order valence-electron chi connectivity index (χ1n) is 11.9. The van der Waals surface area contributed by atoms with Crippen molar-refractivity contribution in [1.82, 2.24) is 30.2 Å². The zero-order chi connectivity index (χ0) is 23.4. The van der Waals surface area contributed by atoms with Gasteiger partial charge in [-0.2, -0.15) is 10.2 Å². The number of rotatable bonds is 7. The van der Waals surface area contributed by atoms with Crippen LogP contribution < -0.4 is 5.32 Å². The molecule has 1 saturated heterocycles. The first-order valence-corrected chi connectivity index (χ1v) is 11.9. The second-order valence-corrected chi connectivity index (χ2v) is 10.3. The summed E-state index contributed by atoms with van der Waals surface area (Å²) in [4.78, 5) is 15.4. The summed E-state index contributed by atoms with van der Waals surface area (Å²) in [5.41, 5.74) is 5.29. The number of hydrogen-bond donors (Lipinski definition) is 2. The first-order chi connectivity index (χ1) is 15.8. The van der Waals surface area contributed by atoms with Gasteiger partial charge in [0, 0.05) is 43.0 Å². The van der Waals surface area contributed by atoms with Crippen molar-refractivity contribution in [3.8, 4) is 0 Å². The number of carbonyl (C=O) groups excluding carboxylic acids is 1. The van der Waals surface area contributed by atoms with Crippen LogP contribution in [-0.2, 0) is 32.0 Å². The third kappa shape index (κ3) is 5.90. The molecular formula is C26H36N6O. The number of aromatic amines is 1. The second-order valence-electron chi connectivity index (χ2n) is 10.3. The molecule has 4 rings (SSSR count). The highest BCUT2D eigenvalue weighted by Crippen LogP contribution is 2.27. The Labute approximate surface area is 196 Å². The number of H-pyrrole nitrogens is 1. The predicted octanol–water partition coefficient (Wildman–Crippen LogP) is 3.83. The summed E-state index contributed by atoms with van der Waals surface area (Å²) in [6.07, 6.45) is 6.90. The third-order valence-electron chi connectivity index (χ3n) is 6.50. The molecule has 1 aliphatic rings. The molecule has 0 bridgehead atoms. The maximum Gasteiger partial charge on any atom is 0.255 e. The van der Waals surface area contributed by atoms with Gasteiger partial charge in [-0.3, -0.25) is 19.5 Å². The van der Waals surface area contributed by atoms with Crippen LogP contribution in [0.5, 0.6) is 0 Å². The van der Waals surface area contributed by atoms with Crippen molar-refractivity contribution in [2.24, 2.45) is 13.0 Å². The summed E-state index contributed by atoms with van der Waals surface area (Å²) in [7, 11) is 1.89. The normalized spacial score (nSPS) is 15.6. The minimum atomic E-state index is -0.0472. The van der Waals surface area contributed by atoms with Gasteiger partial charge in [-0.05, 0) is 43.8 Å². The van der Waals surface area contributed by atoms with Crippen molar-refractivity contribution < 1.29 is 4.79 Å². The van der Waals surface area contributed by atoms with Crippen LogP contribution >= 0.6 is 0 Å². The lowest BCUT2D eigenvalue weighted by molar-refractivity contribution is 0.0949. The summed E-state index contributed by atoms with van der Waals surface area (Å²) in [6.45, 7) is 10.2. The molecule has 0 spiro atoms. The van der Waals surface area contributed by atoms with E-state index in [1.165, 1.54) is 11.3 Å². The topological polar surface area (TPSA) is 78.8 Å². The van der Waals surface area contributed by atoms with Crippen LogP contribution in [0.3, 0.4) is 0 Å². The molecule has 3 heterocycles. The number of aryl methyl sites for hydroxylation is 1. The van der Waals surface area contributed by atoms with Gasteiger partial charge in [-0.15, -0.1) is 0 Å². The van der Waals surface area contributed by atoms with Crippen molar-refractivity contribution in [1.29, 1.82) is 0 Å². The van der Waals surface area contributed by atoms with E-state index in [1.54, 1.807) is 4.68 Å². The molecule has 1 aromatic carbocycles. The summed E-state index contributed by atoms with van der Waals surface area (Å²) in [5.74, 6) is 0.498. The number of nitrogens with one attached hydrogen (secondary N) is 2. The fraction of sp³-hybridized carbons (Fsp3) is 0.500. The molecule has 1 amide bonds. The van der Waals surface area contributed by atoms with Gasteiger partial charge in [-0.25, -0.2) is 0 Å². The minimum Gasteiger partial charge on any atom is -0.348 e. The van der Waals surface area contributed by atoms with Gasteiger partial charge in [0.15, 0.2) is 0 Å². The number of carbonyl (C=O) groups is 1. The Bertz CT molecular complexity index is 1050. The standard InChI is InChI=1S/C26H36N6O/c1-26(2,3)24-21(16-28-29-24)17-32-12-10-19(11-13-32)14-23-22(18-31(4)30-23)25(33)27-15-20-8-6-5-7-9-20/h5-9,16,18-19H,10-15,17H2,1-4H3,(H,27,33)(H,28,29). The van der Waals surface area contributed by atoms with E-state index in [2.05, 4.69) is 46.3 Å². The molecule has 7 heteroatoms. The molecule has 176 valence electrons. The van der Waals surface area contributed by atoms with Crippen LogP contribution in [0.4, 0.5) is 0 Å². The average molecular weight is 449 g/mol. The molecule has 3 aromatic rings. The number of aromatic nitrogens is 4. The average Bonchev–Trinajstić information content (AvgIpc) is 3.40. The number of benzene rings is 1. The summed E-state index contributed by atoms with van der Waals surface area (Å²) in [5, 5.41) is 15.2. The van der Waals surface area contributed by atoms with E-state index in [1.807, 2.05) is 49.8 Å². The highest BCUT2D eigenvalue weighted by molar-refractivity contribution is 5.95.